The molecular weight excluding hydrogens is 176 g/mol. The summed E-state index contributed by atoms with van der Waals surface area (Å²) in [6.45, 7) is 6.63. The minimum Gasteiger partial charge on any atom is -0.342 e. The predicted molar refractivity (Wildman–Crippen MR) is 58.1 cm³/mol. The zero-order valence-electron chi connectivity index (χ0n) is 8.80. The molecule has 3 heteroatoms. The van der Waals surface area contributed by atoms with Crippen molar-refractivity contribution in [2.45, 2.75) is 25.7 Å². The summed E-state index contributed by atoms with van der Waals surface area (Å²) in [6.07, 6.45) is 6.63. The molecule has 14 heavy (non-hydrogen) atoms. The molecule has 1 rings (SSSR count). The Morgan fingerprint density at radius 2 is 1.93 bits per heavy atom. The van der Waals surface area contributed by atoms with E-state index in [0.717, 1.165) is 25.9 Å². The summed E-state index contributed by atoms with van der Waals surface area (Å²) in [5.74, 6) is 0.230. The molecule has 0 atom stereocenters. The first-order valence-electron chi connectivity index (χ1n) is 5.44. The summed E-state index contributed by atoms with van der Waals surface area (Å²) in [5.41, 5.74) is 0. The third-order valence-electron chi connectivity index (χ3n) is 2.52. The fraction of sp³-hybridized carbons (Fsp3) is 0.727. The van der Waals surface area contributed by atoms with Gasteiger partial charge in [0, 0.05) is 19.6 Å². The number of hydrogen-bond donors (Lipinski definition) is 1. The van der Waals surface area contributed by atoms with Gasteiger partial charge >= 0.3 is 0 Å². The SMILES string of the molecule is C=CCNCC(=O)N1CCCCCC1. The molecule has 0 aromatic heterocycles. The van der Waals surface area contributed by atoms with E-state index in [0.29, 0.717) is 13.1 Å². The van der Waals surface area contributed by atoms with Gasteiger partial charge in [-0.3, -0.25) is 4.79 Å². The minimum atomic E-state index is 0.230. The summed E-state index contributed by atoms with van der Waals surface area (Å²) in [5, 5.41) is 3.04. The Morgan fingerprint density at radius 3 is 2.50 bits per heavy atom. The molecule has 80 valence electrons. The topological polar surface area (TPSA) is 32.3 Å². The third-order valence-corrected chi connectivity index (χ3v) is 2.52. The Morgan fingerprint density at radius 1 is 1.29 bits per heavy atom. The van der Waals surface area contributed by atoms with Crippen molar-refractivity contribution in [3.63, 3.8) is 0 Å². The lowest BCUT2D eigenvalue weighted by Gasteiger charge is -2.20. The molecule has 3 nitrogen and oxygen atoms in total. The second-order valence-corrected chi connectivity index (χ2v) is 3.71. The minimum absolute atomic E-state index is 0.230. The molecule has 0 saturated carbocycles. The van der Waals surface area contributed by atoms with Crippen LogP contribution in [0, 0.1) is 0 Å². The zero-order chi connectivity index (χ0) is 10.2. The van der Waals surface area contributed by atoms with E-state index in [1.54, 1.807) is 6.08 Å². The molecule has 0 aromatic carbocycles. The van der Waals surface area contributed by atoms with Gasteiger partial charge in [0.25, 0.3) is 0 Å². The molecule has 1 amide bonds. The summed E-state index contributed by atoms with van der Waals surface area (Å²) < 4.78 is 0. The normalized spacial score (nSPS) is 17.6. The zero-order valence-corrected chi connectivity index (χ0v) is 8.80. The van der Waals surface area contributed by atoms with Gasteiger partial charge in [0.15, 0.2) is 0 Å². The molecule has 0 unspecified atom stereocenters. The van der Waals surface area contributed by atoms with Gasteiger partial charge in [-0.25, -0.2) is 0 Å². The van der Waals surface area contributed by atoms with Gasteiger partial charge in [-0.1, -0.05) is 18.9 Å². The number of carbonyl (C=O) groups is 1. The fourth-order valence-electron chi connectivity index (χ4n) is 1.71. The third kappa shape index (κ3) is 3.92. The van der Waals surface area contributed by atoms with Gasteiger partial charge in [0.2, 0.25) is 5.91 Å². The maximum Gasteiger partial charge on any atom is 0.236 e. The molecule has 1 N–H and O–H groups in total. The van der Waals surface area contributed by atoms with E-state index in [4.69, 9.17) is 0 Å². The van der Waals surface area contributed by atoms with Crippen molar-refractivity contribution in [1.82, 2.24) is 10.2 Å². The van der Waals surface area contributed by atoms with Crippen LogP contribution in [0.5, 0.6) is 0 Å². The number of nitrogens with one attached hydrogen (secondary N) is 1. The number of amides is 1. The highest BCUT2D eigenvalue weighted by molar-refractivity contribution is 5.78. The molecule has 1 aliphatic rings. The number of carbonyl (C=O) groups excluding carboxylic acids is 1. The van der Waals surface area contributed by atoms with E-state index >= 15 is 0 Å². The van der Waals surface area contributed by atoms with Crippen LogP contribution in [0.25, 0.3) is 0 Å². The second kappa shape index (κ2) is 6.60. The van der Waals surface area contributed by atoms with Crippen LogP contribution in [0.2, 0.25) is 0 Å². The summed E-state index contributed by atoms with van der Waals surface area (Å²) in [7, 11) is 0. The second-order valence-electron chi connectivity index (χ2n) is 3.71. The van der Waals surface area contributed by atoms with E-state index in [9.17, 15) is 4.79 Å². The van der Waals surface area contributed by atoms with Gasteiger partial charge < -0.3 is 10.2 Å². The first-order chi connectivity index (χ1) is 6.84. The van der Waals surface area contributed by atoms with Crippen molar-refractivity contribution < 1.29 is 4.79 Å². The molecule has 0 radical (unpaired) electrons. The Hall–Kier alpha value is -0.830. The van der Waals surface area contributed by atoms with E-state index in [1.807, 2.05) is 4.90 Å². The maximum absolute atomic E-state index is 11.7. The van der Waals surface area contributed by atoms with Gasteiger partial charge in [0.05, 0.1) is 6.54 Å². The smallest absolute Gasteiger partial charge is 0.236 e. The first kappa shape index (κ1) is 11.2. The van der Waals surface area contributed by atoms with E-state index in [2.05, 4.69) is 11.9 Å². The predicted octanol–water partition coefficient (Wildman–Crippen LogP) is 1.16. The van der Waals surface area contributed by atoms with E-state index in [-0.39, 0.29) is 5.91 Å². The highest BCUT2D eigenvalue weighted by Crippen LogP contribution is 2.09. The molecule has 0 aromatic rings. The summed E-state index contributed by atoms with van der Waals surface area (Å²) >= 11 is 0. The highest BCUT2D eigenvalue weighted by Gasteiger charge is 2.14. The van der Waals surface area contributed by atoms with Crippen molar-refractivity contribution >= 4 is 5.91 Å². The van der Waals surface area contributed by atoms with Crippen LogP contribution in [-0.2, 0) is 4.79 Å². The van der Waals surface area contributed by atoms with Crippen molar-refractivity contribution in [2.24, 2.45) is 0 Å². The molecule has 1 heterocycles. The van der Waals surface area contributed by atoms with E-state index in [1.165, 1.54) is 12.8 Å². The lowest BCUT2D eigenvalue weighted by atomic mass is 10.2. The largest absolute Gasteiger partial charge is 0.342 e. The van der Waals surface area contributed by atoms with Crippen LogP contribution < -0.4 is 5.32 Å². The average Bonchev–Trinajstić information content (AvgIpc) is 2.46. The number of nitrogens with zero attached hydrogens (tertiary/aromatic N) is 1. The molecular formula is C11H20N2O. The van der Waals surface area contributed by atoms with Crippen molar-refractivity contribution in [2.75, 3.05) is 26.2 Å². The van der Waals surface area contributed by atoms with Gasteiger partial charge in [0.1, 0.15) is 0 Å². The Balaban J connectivity index is 2.23. The van der Waals surface area contributed by atoms with Crippen LogP contribution in [0.3, 0.4) is 0 Å². The molecule has 0 bridgehead atoms. The van der Waals surface area contributed by atoms with Crippen molar-refractivity contribution in [1.29, 1.82) is 0 Å². The number of rotatable bonds is 4. The first-order valence-corrected chi connectivity index (χ1v) is 5.44. The van der Waals surface area contributed by atoms with Crippen LogP contribution >= 0.6 is 0 Å². The molecule has 1 saturated heterocycles. The van der Waals surface area contributed by atoms with Crippen LogP contribution in [0.4, 0.5) is 0 Å². The number of hydrogen-bond acceptors (Lipinski definition) is 2. The number of likely N-dealkylation sites (tertiary alicyclic amines) is 1. The lowest BCUT2D eigenvalue weighted by Crippen LogP contribution is -2.38. The van der Waals surface area contributed by atoms with Crippen LogP contribution in [0.1, 0.15) is 25.7 Å². The highest BCUT2D eigenvalue weighted by atomic mass is 16.2. The van der Waals surface area contributed by atoms with Gasteiger partial charge in [-0.15, -0.1) is 6.58 Å². The standard InChI is InChI=1S/C11H20N2O/c1-2-7-12-10-11(14)13-8-5-3-4-6-9-13/h2,12H,1,3-10H2. The monoisotopic (exact) mass is 196 g/mol. The van der Waals surface area contributed by atoms with Gasteiger partial charge in [-0.2, -0.15) is 0 Å². The Kier molecular flexibility index (Phi) is 5.30. The molecule has 1 fully saturated rings. The van der Waals surface area contributed by atoms with E-state index < -0.39 is 0 Å². The average molecular weight is 196 g/mol. The maximum atomic E-state index is 11.7. The van der Waals surface area contributed by atoms with Crippen LogP contribution in [-0.4, -0.2) is 37.0 Å². The Bertz CT molecular complexity index is 184. The fourth-order valence-corrected chi connectivity index (χ4v) is 1.71. The molecule has 1 aliphatic heterocycles. The van der Waals surface area contributed by atoms with Crippen molar-refractivity contribution in [3.05, 3.63) is 12.7 Å². The molecule has 0 spiro atoms. The molecule has 0 aliphatic carbocycles. The lowest BCUT2D eigenvalue weighted by molar-refractivity contribution is -0.130. The Labute approximate surface area is 86.2 Å². The summed E-state index contributed by atoms with van der Waals surface area (Å²) in [4.78, 5) is 13.6. The summed E-state index contributed by atoms with van der Waals surface area (Å²) in [6, 6.07) is 0. The van der Waals surface area contributed by atoms with Crippen LogP contribution in [0.15, 0.2) is 12.7 Å². The van der Waals surface area contributed by atoms with Crippen molar-refractivity contribution in [3.8, 4) is 0 Å². The van der Waals surface area contributed by atoms with Gasteiger partial charge in [-0.05, 0) is 12.8 Å². The quantitative estimate of drug-likeness (QED) is 0.540.